The summed E-state index contributed by atoms with van der Waals surface area (Å²) in [6.45, 7) is 7.00. The van der Waals surface area contributed by atoms with Gasteiger partial charge in [0.1, 0.15) is 6.61 Å². The van der Waals surface area contributed by atoms with Gasteiger partial charge in [0.05, 0.1) is 0 Å². The molecule has 0 aromatic heterocycles. The molecule has 0 aromatic rings. The van der Waals surface area contributed by atoms with E-state index in [0.717, 1.165) is 31.2 Å². The molecule has 1 aliphatic heterocycles. The van der Waals surface area contributed by atoms with E-state index in [4.69, 9.17) is 4.74 Å². The normalized spacial score (nSPS) is 20.0. The summed E-state index contributed by atoms with van der Waals surface area (Å²) in [5.41, 5.74) is 0. The van der Waals surface area contributed by atoms with Crippen molar-refractivity contribution >= 4 is 27.7 Å². The molecule has 0 saturated carbocycles. The minimum Gasteiger partial charge on any atom is -0.449 e. The molecular formula is C16H32N2O2S2. The summed E-state index contributed by atoms with van der Waals surface area (Å²) in [5.74, 6) is 2.91. The molecule has 0 radical (unpaired) electrons. The maximum Gasteiger partial charge on any atom is 0.407 e. The fourth-order valence-corrected chi connectivity index (χ4v) is 4.91. The second-order valence-electron chi connectivity index (χ2n) is 6.05. The molecule has 0 spiro atoms. The lowest BCUT2D eigenvalue weighted by atomic mass is 10.0. The van der Waals surface area contributed by atoms with E-state index in [0.29, 0.717) is 6.61 Å². The van der Waals surface area contributed by atoms with Gasteiger partial charge in [0.15, 0.2) is 0 Å². The van der Waals surface area contributed by atoms with Gasteiger partial charge in [-0.3, -0.25) is 0 Å². The number of unbranched alkanes of at least 4 members (excludes halogenated alkanes) is 1. The van der Waals surface area contributed by atoms with Crippen LogP contribution in [-0.2, 0) is 4.74 Å². The number of nitrogens with one attached hydrogen (secondary N) is 1. The molecule has 1 fully saturated rings. The first kappa shape index (κ1) is 20.0. The lowest BCUT2D eigenvalue weighted by molar-refractivity contribution is 0.149. The van der Waals surface area contributed by atoms with Crippen molar-refractivity contribution < 1.29 is 9.53 Å². The second-order valence-corrected chi connectivity index (χ2v) is 8.68. The molecule has 6 heteroatoms. The highest BCUT2D eigenvalue weighted by Gasteiger charge is 2.21. The number of amides is 1. The van der Waals surface area contributed by atoms with Crippen molar-refractivity contribution in [1.82, 2.24) is 10.2 Å². The quantitative estimate of drug-likeness (QED) is 0.451. The molecule has 0 bridgehead atoms. The average Bonchev–Trinajstić information content (AvgIpc) is 2.90. The summed E-state index contributed by atoms with van der Waals surface area (Å²) in [7, 11) is 5.81. The number of carbonyl (C=O) groups is 1. The Balaban J connectivity index is 1.95. The van der Waals surface area contributed by atoms with Crippen LogP contribution in [0.5, 0.6) is 0 Å². The number of hydrogen-bond donors (Lipinski definition) is 1. The smallest absolute Gasteiger partial charge is 0.407 e. The number of likely N-dealkylation sites (N-methyl/N-ethyl adjacent to an activating group) is 1. The number of alkyl carbamates (subject to hydrolysis) is 1. The van der Waals surface area contributed by atoms with Gasteiger partial charge in [-0.1, -0.05) is 54.7 Å². The summed E-state index contributed by atoms with van der Waals surface area (Å²) in [6, 6.07) is 0.253. The number of ether oxygens (including phenoxy) is 1. The highest BCUT2D eigenvalue weighted by Crippen LogP contribution is 2.27. The summed E-state index contributed by atoms with van der Waals surface area (Å²) in [5, 5.41) is 2.93. The zero-order chi connectivity index (χ0) is 16.2. The fourth-order valence-electron chi connectivity index (χ4n) is 2.53. The Morgan fingerprint density at radius 1 is 1.41 bits per heavy atom. The van der Waals surface area contributed by atoms with Gasteiger partial charge < -0.3 is 15.0 Å². The highest BCUT2D eigenvalue weighted by molar-refractivity contribution is 8.76. The predicted octanol–water partition coefficient (Wildman–Crippen LogP) is 4.01. The van der Waals surface area contributed by atoms with Crippen molar-refractivity contribution in [2.75, 3.05) is 38.2 Å². The van der Waals surface area contributed by atoms with E-state index in [-0.39, 0.29) is 12.1 Å². The third-order valence-electron chi connectivity index (χ3n) is 4.04. The van der Waals surface area contributed by atoms with Gasteiger partial charge in [-0.2, -0.15) is 0 Å². The third kappa shape index (κ3) is 9.16. The number of carbonyl (C=O) groups excluding carboxylic acids is 1. The Morgan fingerprint density at radius 3 is 2.86 bits per heavy atom. The van der Waals surface area contributed by atoms with Gasteiger partial charge in [-0.25, -0.2) is 4.79 Å². The van der Waals surface area contributed by atoms with E-state index in [2.05, 4.69) is 31.1 Å². The van der Waals surface area contributed by atoms with E-state index in [1.807, 2.05) is 21.6 Å². The summed E-state index contributed by atoms with van der Waals surface area (Å²) in [4.78, 5) is 13.9. The van der Waals surface area contributed by atoms with Crippen molar-refractivity contribution in [2.24, 2.45) is 5.92 Å². The molecular weight excluding hydrogens is 316 g/mol. The molecule has 0 aliphatic carbocycles. The van der Waals surface area contributed by atoms with Crippen molar-refractivity contribution in [2.45, 2.75) is 52.0 Å². The Bertz CT molecular complexity index is 306. The first-order valence-electron chi connectivity index (χ1n) is 8.51. The van der Waals surface area contributed by atoms with Crippen LogP contribution in [0.3, 0.4) is 0 Å². The van der Waals surface area contributed by atoms with Gasteiger partial charge >= 0.3 is 6.09 Å². The minimum atomic E-state index is -0.264. The first-order chi connectivity index (χ1) is 10.7. The third-order valence-corrected chi connectivity index (χ3v) is 6.56. The summed E-state index contributed by atoms with van der Waals surface area (Å²) in [6.07, 6.45) is 5.99. The van der Waals surface area contributed by atoms with Crippen LogP contribution in [0.4, 0.5) is 4.79 Å². The molecule has 1 aliphatic rings. The lowest BCUT2D eigenvalue weighted by Crippen LogP contribution is -2.37. The lowest BCUT2D eigenvalue weighted by Gasteiger charge is -2.14. The van der Waals surface area contributed by atoms with Gasteiger partial charge in [0.25, 0.3) is 0 Å². The summed E-state index contributed by atoms with van der Waals surface area (Å²) < 4.78 is 5.23. The minimum absolute atomic E-state index is 0.253. The van der Waals surface area contributed by atoms with Crippen molar-refractivity contribution in [3.05, 3.63) is 0 Å². The number of likely N-dealkylation sites (tertiary alicyclic amines) is 1. The van der Waals surface area contributed by atoms with E-state index < -0.39 is 0 Å². The number of rotatable bonds is 11. The SMILES string of the molecule is CCCC[C@@H](CC)CSSCCOC(=O)N[C@H]1CCN(C)C1. The van der Waals surface area contributed by atoms with E-state index >= 15 is 0 Å². The van der Waals surface area contributed by atoms with E-state index in [1.165, 1.54) is 31.4 Å². The number of hydrogen-bond acceptors (Lipinski definition) is 5. The van der Waals surface area contributed by atoms with Crippen LogP contribution >= 0.6 is 21.6 Å². The van der Waals surface area contributed by atoms with Gasteiger partial charge in [-0.15, -0.1) is 0 Å². The molecule has 1 amide bonds. The van der Waals surface area contributed by atoms with E-state index in [9.17, 15) is 4.79 Å². The van der Waals surface area contributed by atoms with Crippen LogP contribution in [0.2, 0.25) is 0 Å². The number of nitrogens with zero attached hydrogens (tertiary/aromatic N) is 1. The Morgan fingerprint density at radius 2 is 2.23 bits per heavy atom. The van der Waals surface area contributed by atoms with Crippen molar-refractivity contribution in [3.63, 3.8) is 0 Å². The molecule has 22 heavy (non-hydrogen) atoms. The maximum absolute atomic E-state index is 11.6. The first-order valence-corrected chi connectivity index (χ1v) is 11.0. The molecule has 0 unspecified atom stereocenters. The van der Waals surface area contributed by atoms with Crippen LogP contribution in [-0.4, -0.2) is 55.3 Å². The van der Waals surface area contributed by atoms with Gasteiger partial charge in [-0.05, 0) is 32.4 Å². The molecule has 1 rings (SSSR count). The Kier molecular flexibility index (Phi) is 11.2. The summed E-state index contributed by atoms with van der Waals surface area (Å²) >= 11 is 0. The van der Waals surface area contributed by atoms with Crippen LogP contribution in [0, 0.1) is 5.92 Å². The monoisotopic (exact) mass is 348 g/mol. The topological polar surface area (TPSA) is 41.6 Å². The molecule has 1 N–H and O–H groups in total. The molecule has 1 saturated heterocycles. The van der Waals surface area contributed by atoms with Crippen LogP contribution in [0.15, 0.2) is 0 Å². The molecule has 0 aromatic carbocycles. The molecule has 4 nitrogen and oxygen atoms in total. The molecule has 2 atom stereocenters. The Labute approximate surface area is 143 Å². The maximum atomic E-state index is 11.6. The largest absolute Gasteiger partial charge is 0.449 e. The zero-order valence-corrected chi connectivity index (χ0v) is 15.9. The standard InChI is InChI=1S/C16H32N2O2S2/c1-4-6-7-14(5-2)13-22-21-11-10-20-16(19)17-15-8-9-18(3)12-15/h14-15H,4-13H2,1-3H3,(H,17,19)/t14-,15+/m1/s1. The molecule has 1 heterocycles. The molecule has 130 valence electrons. The van der Waals surface area contributed by atoms with Crippen LogP contribution < -0.4 is 5.32 Å². The van der Waals surface area contributed by atoms with Crippen LogP contribution in [0.1, 0.15) is 46.0 Å². The highest BCUT2D eigenvalue weighted by atomic mass is 33.1. The van der Waals surface area contributed by atoms with Crippen LogP contribution in [0.25, 0.3) is 0 Å². The van der Waals surface area contributed by atoms with Crippen molar-refractivity contribution in [1.29, 1.82) is 0 Å². The zero-order valence-electron chi connectivity index (χ0n) is 14.3. The fraction of sp³-hybridized carbons (Fsp3) is 0.938. The van der Waals surface area contributed by atoms with Gasteiger partial charge in [0, 0.05) is 24.1 Å². The Hall–Kier alpha value is -0.0700. The average molecular weight is 349 g/mol. The van der Waals surface area contributed by atoms with Gasteiger partial charge in [0.2, 0.25) is 0 Å². The van der Waals surface area contributed by atoms with E-state index in [1.54, 1.807) is 0 Å². The predicted molar refractivity (Wildman–Crippen MR) is 98.6 cm³/mol. The van der Waals surface area contributed by atoms with Crippen molar-refractivity contribution in [3.8, 4) is 0 Å². The second kappa shape index (κ2) is 12.4.